The molecule has 106 valence electrons. The lowest BCUT2D eigenvalue weighted by atomic mass is 10.2. The van der Waals surface area contributed by atoms with Gasteiger partial charge in [0.05, 0.1) is 22.2 Å². The van der Waals surface area contributed by atoms with E-state index in [-0.39, 0.29) is 6.42 Å². The lowest BCUT2D eigenvalue weighted by molar-refractivity contribution is -0.136. The number of rotatable bonds is 5. The van der Waals surface area contributed by atoms with Crippen molar-refractivity contribution in [3.63, 3.8) is 0 Å². The quantitative estimate of drug-likeness (QED) is 0.798. The van der Waals surface area contributed by atoms with Gasteiger partial charge in [0, 0.05) is 10.6 Å². The van der Waals surface area contributed by atoms with Crippen molar-refractivity contribution in [2.75, 3.05) is 0 Å². The Morgan fingerprint density at radius 2 is 2.15 bits per heavy atom. The van der Waals surface area contributed by atoms with E-state index in [1.54, 1.807) is 17.8 Å². The number of carboxylic acids is 1. The molecule has 0 radical (unpaired) electrons. The molecule has 0 aliphatic carbocycles. The topological polar surface area (TPSA) is 50.2 Å². The number of carboxylic acid groups (broad SMARTS) is 1. The van der Waals surface area contributed by atoms with E-state index in [0.29, 0.717) is 10.0 Å². The Labute approximate surface area is 134 Å². The fraction of sp³-hybridized carbons (Fsp3) is 0.231. The highest BCUT2D eigenvalue weighted by Gasteiger charge is 2.11. The van der Waals surface area contributed by atoms with Gasteiger partial charge in [-0.1, -0.05) is 41.0 Å². The predicted octanol–water partition coefficient (Wildman–Crippen LogP) is 4.68. The first-order valence-electron chi connectivity index (χ1n) is 5.70. The standard InChI is InChI=1S/C13H11Cl2NO2S2/c1-7-11(5-12(17)18)20-13(16-7)19-6-8-2-3-9(14)10(15)4-8/h2-4H,5-6H2,1H3,(H,17,18). The monoisotopic (exact) mass is 347 g/mol. The van der Waals surface area contributed by atoms with Crippen LogP contribution in [0.1, 0.15) is 16.1 Å². The molecule has 0 saturated heterocycles. The molecular weight excluding hydrogens is 337 g/mol. The molecule has 1 aromatic heterocycles. The second-order valence-corrected chi connectivity index (χ2v) is 7.22. The number of carbonyl (C=O) groups is 1. The molecule has 0 bridgehead atoms. The number of nitrogens with zero attached hydrogens (tertiary/aromatic N) is 1. The van der Waals surface area contributed by atoms with Crippen LogP contribution in [0.2, 0.25) is 10.0 Å². The number of aryl methyl sites for hydroxylation is 1. The Bertz CT molecular complexity index is 643. The summed E-state index contributed by atoms with van der Waals surface area (Å²) in [6.07, 6.45) is 0.0246. The minimum Gasteiger partial charge on any atom is -0.481 e. The third-order valence-electron chi connectivity index (χ3n) is 2.53. The first kappa shape index (κ1) is 15.6. The van der Waals surface area contributed by atoms with Gasteiger partial charge in [0.25, 0.3) is 0 Å². The number of thioether (sulfide) groups is 1. The SMILES string of the molecule is Cc1nc(SCc2ccc(Cl)c(Cl)c2)sc1CC(=O)O. The fourth-order valence-electron chi connectivity index (χ4n) is 1.54. The molecule has 2 rings (SSSR count). The largest absolute Gasteiger partial charge is 0.481 e. The predicted molar refractivity (Wildman–Crippen MR) is 84.2 cm³/mol. The van der Waals surface area contributed by atoms with Gasteiger partial charge in [-0.25, -0.2) is 4.98 Å². The van der Waals surface area contributed by atoms with Gasteiger partial charge in [0.15, 0.2) is 4.34 Å². The summed E-state index contributed by atoms with van der Waals surface area (Å²) in [7, 11) is 0. The van der Waals surface area contributed by atoms with Crippen LogP contribution < -0.4 is 0 Å². The molecule has 0 aliphatic heterocycles. The molecule has 20 heavy (non-hydrogen) atoms. The number of halogens is 2. The summed E-state index contributed by atoms with van der Waals surface area (Å²) >= 11 is 14.8. The summed E-state index contributed by atoms with van der Waals surface area (Å²) in [6.45, 7) is 1.83. The van der Waals surface area contributed by atoms with Crippen molar-refractivity contribution in [1.82, 2.24) is 4.98 Å². The molecule has 0 amide bonds. The minimum atomic E-state index is -0.835. The van der Waals surface area contributed by atoms with Crippen LogP contribution in [0.25, 0.3) is 0 Å². The molecule has 7 heteroatoms. The van der Waals surface area contributed by atoms with Crippen molar-refractivity contribution in [3.05, 3.63) is 44.4 Å². The summed E-state index contributed by atoms with van der Waals surface area (Å²) in [5.41, 5.74) is 1.84. The fourth-order valence-corrected chi connectivity index (χ4v) is 4.03. The van der Waals surface area contributed by atoms with Crippen molar-refractivity contribution < 1.29 is 9.90 Å². The van der Waals surface area contributed by atoms with Crippen LogP contribution in [-0.2, 0) is 17.0 Å². The van der Waals surface area contributed by atoms with Crippen LogP contribution in [0.5, 0.6) is 0 Å². The second-order valence-electron chi connectivity index (χ2n) is 4.10. The van der Waals surface area contributed by atoms with E-state index >= 15 is 0 Å². The molecule has 0 unspecified atom stereocenters. The van der Waals surface area contributed by atoms with Gasteiger partial charge in [-0.05, 0) is 24.6 Å². The van der Waals surface area contributed by atoms with Gasteiger partial charge in [-0.2, -0.15) is 0 Å². The van der Waals surface area contributed by atoms with Gasteiger partial charge in [0.1, 0.15) is 0 Å². The van der Waals surface area contributed by atoms with Crippen LogP contribution in [0.3, 0.4) is 0 Å². The van der Waals surface area contributed by atoms with E-state index in [4.69, 9.17) is 28.3 Å². The molecule has 0 spiro atoms. The second kappa shape index (κ2) is 6.80. The summed E-state index contributed by atoms with van der Waals surface area (Å²) < 4.78 is 0.866. The molecule has 0 fully saturated rings. The molecular formula is C13H11Cl2NO2S2. The summed E-state index contributed by atoms with van der Waals surface area (Å²) in [5, 5.41) is 9.88. The maximum Gasteiger partial charge on any atom is 0.308 e. The number of hydrogen-bond acceptors (Lipinski definition) is 4. The van der Waals surface area contributed by atoms with E-state index in [1.807, 2.05) is 19.1 Å². The smallest absolute Gasteiger partial charge is 0.308 e. The van der Waals surface area contributed by atoms with Gasteiger partial charge < -0.3 is 5.11 Å². The average Bonchev–Trinajstić information content (AvgIpc) is 2.71. The number of aliphatic carboxylic acids is 1. The van der Waals surface area contributed by atoms with Crippen molar-refractivity contribution >= 4 is 52.3 Å². The molecule has 0 aliphatic rings. The maximum atomic E-state index is 10.7. The molecule has 0 atom stereocenters. The highest BCUT2D eigenvalue weighted by atomic mass is 35.5. The zero-order chi connectivity index (χ0) is 14.7. The highest BCUT2D eigenvalue weighted by Crippen LogP contribution is 2.31. The Hall–Kier alpha value is -0.750. The number of thiazole rings is 1. The molecule has 2 aromatic rings. The zero-order valence-corrected chi connectivity index (χ0v) is 13.7. The Kier molecular flexibility index (Phi) is 5.32. The van der Waals surface area contributed by atoms with Crippen LogP contribution in [0, 0.1) is 6.92 Å². The van der Waals surface area contributed by atoms with E-state index in [1.165, 1.54) is 11.3 Å². The van der Waals surface area contributed by atoms with E-state index < -0.39 is 5.97 Å². The number of aromatic nitrogens is 1. The van der Waals surface area contributed by atoms with Crippen molar-refractivity contribution in [1.29, 1.82) is 0 Å². The third-order valence-corrected chi connectivity index (χ3v) is 5.64. The molecule has 1 aromatic carbocycles. The first-order valence-corrected chi connectivity index (χ1v) is 8.26. The Balaban J connectivity index is 2.03. The van der Waals surface area contributed by atoms with E-state index in [2.05, 4.69) is 4.98 Å². The summed E-state index contributed by atoms with van der Waals surface area (Å²) in [4.78, 5) is 15.9. The maximum absolute atomic E-state index is 10.7. The molecule has 0 saturated carbocycles. The van der Waals surface area contributed by atoms with E-state index in [9.17, 15) is 4.79 Å². The Morgan fingerprint density at radius 1 is 1.40 bits per heavy atom. The van der Waals surface area contributed by atoms with Gasteiger partial charge in [-0.15, -0.1) is 11.3 Å². The molecule has 1 N–H and O–H groups in total. The first-order chi connectivity index (χ1) is 9.45. The number of benzene rings is 1. The lowest BCUT2D eigenvalue weighted by Crippen LogP contribution is -1.99. The zero-order valence-electron chi connectivity index (χ0n) is 10.5. The van der Waals surface area contributed by atoms with Crippen LogP contribution in [-0.4, -0.2) is 16.1 Å². The van der Waals surface area contributed by atoms with Crippen LogP contribution in [0.4, 0.5) is 0 Å². The van der Waals surface area contributed by atoms with Crippen molar-refractivity contribution in [2.24, 2.45) is 0 Å². The van der Waals surface area contributed by atoms with Crippen LogP contribution in [0.15, 0.2) is 22.5 Å². The van der Waals surface area contributed by atoms with Gasteiger partial charge in [-0.3, -0.25) is 4.79 Å². The van der Waals surface area contributed by atoms with Gasteiger partial charge in [0.2, 0.25) is 0 Å². The normalized spacial score (nSPS) is 10.8. The number of hydrogen-bond donors (Lipinski definition) is 1. The summed E-state index contributed by atoms with van der Waals surface area (Å²) in [5.74, 6) is -0.117. The molecule has 1 heterocycles. The van der Waals surface area contributed by atoms with Crippen molar-refractivity contribution in [3.8, 4) is 0 Å². The Morgan fingerprint density at radius 3 is 2.80 bits per heavy atom. The van der Waals surface area contributed by atoms with E-state index in [0.717, 1.165) is 26.2 Å². The van der Waals surface area contributed by atoms with Crippen LogP contribution >= 0.6 is 46.3 Å². The average molecular weight is 348 g/mol. The van der Waals surface area contributed by atoms with Crippen molar-refractivity contribution in [2.45, 2.75) is 23.4 Å². The highest BCUT2D eigenvalue weighted by molar-refractivity contribution is 8.00. The third kappa shape index (κ3) is 4.12. The molecule has 3 nitrogen and oxygen atoms in total. The lowest BCUT2D eigenvalue weighted by Gasteiger charge is -2.01. The van der Waals surface area contributed by atoms with Gasteiger partial charge >= 0.3 is 5.97 Å². The summed E-state index contributed by atoms with van der Waals surface area (Å²) in [6, 6.07) is 5.51. The minimum absolute atomic E-state index is 0.0246.